The monoisotopic (exact) mass is 200 g/mol. The molecule has 0 aromatic heterocycles. The largest absolute Gasteiger partial charge is 0.368 e. The molecule has 0 saturated heterocycles. The first-order valence-electron chi connectivity index (χ1n) is 5.20. The Morgan fingerprint density at radius 2 is 2.36 bits per heavy atom. The second kappa shape index (κ2) is 4.75. The number of carbonyl (C=O) groups excluding carboxylic acids is 1. The van der Waals surface area contributed by atoms with Crippen LogP contribution in [0.2, 0.25) is 0 Å². The second-order valence-electron chi connectivity index (χ2n) is 4.34. The van der Waals surface area contributed by atoms with Gasteiger partial charge >= 0.3 is 0 Å². The summed E-state index contributed by atoms with van der Waals surface area (Å²) in [4.78, 5) is 10.6. The number of rotatable bonds is 4. The lowest BCUT2D eigenvalue weighted by molar-refractivity contribution is -0.133. The van der Waals surface area contributed by atoms with E-state index < -0.39 is 5.91 Å². The Kier molecular flexibility index (Phi) is 3.89. The maximum absolute atomic E-state index is 10.6. The first-order valence-corrected chi connectivity index (χ1v) is 5.20. The lowest BCUT2D eigenvalue weighted by Gasteiger charge is -2.38. The lowest BCUT2D eigenvalue weighted by Crippen LogP contribution is -2.46. The van der Waals surface area contributed by atoms with Crippen LogP contribution < -0.4 is 11.5 Å². The van der Waals surface area contributed by atoms with Crippen LogP contribution in [0.1, 0.15) is 32.6 Å². The van der Waals surface area contributed by atoms with E-state index in [4.69, 9.17) is 16.2 Å². The fourth-order valence-electron chi connectivity index (χ4n) is 2.21. The van der Waals surface area contributed by atoms with Gasteiger partial charge in [-0.05, 0) is 18.8 Å². The minimum Gasteiger partial charge on any atom is -0.368 e. The predicted octanol–water partition coefficient (Wildman–Crippen LogP) is 0.396. The Morgan fingerprint density at radius 1 is 1.64 bits per heavy atom. The first-order chi connectivity index (χ1) is 6.58. The van der Waals surface area contributed by atoms with Crippen LogP contribution in [0.25, 0.3) is 0 Å². The van der Waals surface area contributed by atoms with E-state index in [1.165, 1.54) is 6.42 Å². The van der Waals surface area contributed by atoms with Gasteiger partial charge in [-0.3, -0.25) is 4.79 Å². The van der Waals surface area contributed by atoms with Crippen LogP contribution in [0.3, 0.4) is 0 Å². The van der Waals surface area contributed by atoms with Crippen LogP contribution in [0.15, 0.2) is 0 Å². The summed E-state index contributed by atoms with van der Waals surface area (Å²) < 4.78 is 5.55. The molecule has 0 radical (unpaired) electrons. The molecule has 0 bridgehead atoms. The van der Waals surface area contributed by atoms with Crippen molar-refractivity contribution in [1.29, 1.82) is 0 Å². The van der Waals surface area contributed by atoms with Crippen LogP contribution in [0.4, 0.5) is 0 Å². The highest BCUT2D eigenvalue weighted by atomic mass is 16.5. The quantitative estimate of drug-likeness (QED) is 0.689. The number of ether oxygens (including phenoxy) is 1. The standard InChI is InChI=1S/C10H20N2O2/c1-8-3-2-4-10(5-8,7-11)14-6-9(12)13/h8H,2-7,11H2,1H3,(H2,12,13). The van der Waals surface area contributed by atoms with Crippen LogP contribution in [0.5, 0.6) is 0 Å². The molecule has 0 heterocycles. The molecular formula is C10H20N2O2. The number of carbonyl (C=O) groups is 1. The third-order valence-electron chi connectivity index (χ3n) is 2.94. The normalized spacial score (nSPS) is 32.9. The maximum Gasteiger partial charge on any atom is 0.243 e. The molecule has 0 aromatic carbocycles. The van der Waals surface area contributed by atoms with Crippen LogP contribution in [0, 0.1) is 5.92 Å². The summed E-state index contributed by atoms with van der Waals surface area (Å²) >= 11 is 0. The molecule has 1 saturated carbocycles. The van der Waals surface area contributed by atoms with Crippen molar-refractivity contribution in [3.05, 3.63) is 0 Å². The molecule has 4 heteroatoms. The van der Waals surface area contributed by atoms with Gasteiger partial charge in [0.25, 0.3) is 0 Å². The molecule has 1 fully saturated rings. The van der Waals surface area contributed by atoms with E-state index in [2.05, 4.69) is 6.92 Å². The third-order valence-corrected chi connectivity index (χ3v) is 2.94. The van der Waals surface area contributed by atoms with Gasteiger partial charge in [-0.15, -0.1) is 0 Å². The molecular weight excluding hydrogens is 180 g/mol. The van der Waals surface area contributed by atoms with Gasteiger partial charge in [0.2, 0.25) is 5.91 Å². The molecule has 1 rings (SSSR count). The van der Waals surface area contributed by atoms with E-state index in [0.717, 1.165) is 19.3 Å². The summed E-state index contributed by atoms with van der Waals surface area (Å²) in [6.07, 6.45) is 4.23. The highest BCUT2D eigenvalue weighted by Crippen LogP contribution is 2.34. The van der Waals surface area contributed by atoms with Crippen molar-refractivity contribution in [2.24, 2.45) is 17.4 Å². The molecule has 1 amide bonds. The molecule has 0 aliphatic heterocycles. The van der Waals surface area contributed by atoms with E-state index in [1.807, 2.05) is 0 Å². The highest BCUT2D eigenvalue weighted by molar-refractivity contribution is 5.75. The summed E-state index contributed by atoms with van der Waals surface area (Å²) in [5, 5.41) is 0. The molecule has 0 aromatic rings. The number of hydrogen-bond acceptors (Lipinski definition) is 3. The van der Waals surface area contributed by atoms with Gasteiger partial charge in [0, 0.05) is 6.54 Å². The Balaban J connectivity index is 2.51. The summed E-state index contributed by atoms with van der Waals surface area (Å²) in [7, 11) is 0. The Hall–Kier alpha value is -0.610. The average Bonchev–Trinajstić information content (AvgIpc) is 2.15. The third kappa shape index (κ3) is 2.96. The Bertz CT molecular complexity index is 208. The van der Waals surface area contributed by atoms with E-state index in [9.17, 15) is 4.79 Å². The van der Waals surface area contributed by atoms with Gasteiger partial charge in [0.05, 0.1) is 5.60 Å². The van der Waals surface area contributed by atoms with Crippen molar-refractivity contribution in [1.82, 2.24) is 0 Å². The van der Waals surface area contributed by atoms with Crippen LogP contribution in [-0.4, -0.2) is 24.7 Å². The fourth-order valence-corrected chi connectivity index (χ4v) is 2.21. The molecule has 4 nitrogen and oxygen atoms in total. The van der Waals surface area contributed by atoms with Gasteiger partial charge in [-0.1, -0.05) is 19.8 Å². The molecule has 82 valence electrons. The van der Waals surface area contributed by atoms with Crippen molar-refractivity contribution >= 4 is 5.91 Å². The second-order valence-corrected chi connectivity index (χ2v) is 4.34. The van der Waals surface area contributed by atoms with E-state index >= 15 is 0 Å². The average molecular weight is 200 g/mol. The van der Waals surface area contributed by atoms with E-state index in [-0.39, 0.29) is 12.2 Å². The molecule has 1 aliphatic rings. The zero-order valence-corrected chi connectivity index (χ0v) is 8.79. The molecule has 14 heavy (non-hydrogen) atoms. The lowest BCUT2D eigenvalue weighted by atomic mass is 9.79. The van der Waals surface area contributed by atoms with Gasteiger partial charge in [-0.2, -0.15) is 0 Å². The number of primary amides is 1. The molecule has 1 aliphatic carbocycles. The minimum absolute atomic E-state index is 0.0100. The SMILES string of the molecule is CC1CCCC(CN)(OCC(N)=O)C1. The molecule has 2 atom stereocenters. The van der Waals surface area contributed by atoms with Crippen LogP contribution >= 0.6 is 0 Å². The summed E-state index contributed by atoms with van der Waals surface area (Å²) in [6.45, 7) is 2.66. The molecule has 0 spiro atoms. The van der Waals surface area contributed by atoms with E-state index in [0.29, 0.717) is 12.5 Å². The van der Waals surface area contributed by atoms with Crippen molar-refractivity contribution in [2.75, 3.05) is 13.2 Å². The predicted molar refractivity (Wildman–Crippen MR) is 54.6 cm³/mol. The fraction of sp³-hybridized carbons (Fsp3) is 0.900. The zero-order valence-electron chi connectivity index (χ0n) is 8.79. The number of amides is 1. The van der Waals surface area contributed by atoms with Gasteiger partial charge < -0.3 is 16.2 Å². The Labute approximate surface area is 85.0 Å². The summed E-state index contributed by atoms with van der Waals surface area (Å²) in [5.74, 6) is 0.205. The molecule has 4 N–H and O–H groups in total. The number of nitrogens with two attached hydrogens (primary N) is 2. The van der Waals surface area contributed by atoms with Gasteiger partial charge in [0.15, 0.2) is 0 Å². The minimum atomic E-state index is -0.420. The Morgan fingerprint density at radius 3 is 2.86 bits per heavy atom. The summed E-state index contributed by atoms with van der Waals surface area (Å²) in [6, 6.07) is 0. The first kappa shape index (κ1) is 11.5. The van der Waals surface area contributed by atoms with Gasteiger partial charge in [-0.25, -0.2) is 0 Å². The summed E-state index contributed by atoms with van der Waals surface area (Å²) in [5.41, 5.74) is 10.5. The smallest absolute Gasteiger partial charge is 0.243 e. The van der Waals surface area contributed by atoms with Crippen molar-refractivity contribution in [3.8, 4) is 0 Å². The number of hydrogen-bond donors (Lipinski definition) is 2. The highest BCUT2D eigenvalue weighted by Gasteiger charge is 2.34. The van der Waals surface area contributed by atoms with Crippen molar-refractivity contribution in [2.45, 2.75) is 38.2 Å². The molecule has 2 unspecified atom stereocenters. The van der Waals surface area contributed by atoms with Gasteiger partial charge in [0.1, 0.15) is 6.61 Å². The maximum atomic E-state index is 10.6. The van der Waals surface area contributed by atoms with Crippen LogP contribution in [-0.2, 0) is 9.53 Å². The van der Waals surface area contributed by atoms with Crippen molar-refractivity contribution < 1.29 is 9.53 Å². The zero-order chi connectivity index (χ0) is 10.6. The topological polar surface area (TPSA) is 78.3 Å². The van der Waals surface area contributed by atoms with Crippen molar-refractivity contribution in [3.63, 3.8) is 0 Å². The van der Waals surface area contributed by atoms with E-state index in [1.54, 1.807) is 0 Å².